The van der Waals surface area contributed by atoms with Crippen molar-refractivity contribution in [2.75, 3.05) is 11.1 Å². The van der Waals surface area contributed by atoms with Crippen molar-refractivity contribution < 1.29 is 9.32 Å². The number of amides is 1. The molecule has 3 aromatic heterocycles. The molecular weight excluding hydrogens is 380 g/mol. The van der Waals surface area contributed by atoms with Crippen LogP contribution in [0.4, 0.5) is 5.82 Å². The number of aryl methyl sites for hydroxylation is 1. The van der Waals surface area contributed by atoms with Crippen LogP contribution in [0.1, 0.15) is 19.8 Å². The predicted molar refractivity (Wildman–Crippen MR) is 106 cm³/mol. The molecule has 0 saturated carbocycles. The van der Waals surface area contributed by atoms with E-state index < -0.39 is 0 Å². The van der Waals surface area contributed by atoms with E-state index in [9.17, 15) is 9.59 Å². The standard InChI is InChI=1S/C18H18N6O3S/c1-2-3-9-23-16(26)12-6-4-5-7-13(12)24-17(23)20-21-18(24)28-11-15(25)19-14-8-10-27-22-14/h4-8,10H,2-3,9,11H2,1H3,(H,19,22,25). The number of anilines is 1. The third kappa shape index (κ3) is 3.38. The number of rotatable bonds is 7. The van der Waals surface area contributed by atoms with Gasteiger partial charge in [0.25, 0.3) is 5.56 Å². The van der Waals surface area contributed by atoms with Crippen LogP contribution in [0, 0.1) is 0 Å². The number of carbonyl (C=O) groups excluding carboxylic acids is 1. The van der Waals surface area contributed by atoms with Crippen molar-refractivity contribution >= 4 is 40.2 Å². The molecule has 0 radical (unpaired) electrons. The van der Waals surface area contributed by atoms with Crippen LogP contribution >= 0.6 is 11.8 Å². The summed E-state index contributed by atoms with van der Waals surface area (Å²) in [5, 5.41) is 15.9. The summed E-state index contributed by atoms with van der Waals surface area (Å²) in [5.74, 6) is 0.724. The molecule has 0 spiro atoms. The molecule has 0 atom stereocenters. The third-order valence-corrected chi connectivity index (χ3v) is 5.18. The zero-order chi connectivity index (χ0) is 19.5. The van der Waals surface area contributed by atoms with Crippen LogP contribution in [-0.2, 0) is 11.3 Å². The van der Waals surface area contributed by atoms with Gasteiger partial charge in [-0.1, -0.05) is 42.4 Å². The van der Waals surface area contributed by atoms with Crippen molar-refractivity contribution in [1.82, 2.24) is 24.3 Å². The normalized spacial score (nSPS) is 11.3. The summed E-state index contributed by atoms with van der Waals surface area (Å²) in [7, 11) is 0. The van der Waals surface area contributed by atoms with Crippen LogP contribution in [-0.4, -0.2) is 36.0 Å². The number of nitrogens with zero attached hydrogens (tertiary/aromatic N) is 5. The molecule has 1 N–H and O–H groups in total. The summed E-state index contributed by atoms with van der Waals surface area (Å²) in [5.41, 5.74) is 0.643. The van der Waals surface area contributed by atoms with Crippen LogP contribution < -0.4 is 10.9 Å². The molecule has 0 aliphatic heterocycles. The SMILES string of the molecule is CCCCn1c(=O)c2ccccc2n2c(SCC(=O)Nc3ccon3)nnc12. The quantitative estimate of drug-likeness (QED) is 0.477. The van der Waals surface area contributed by atoms with E-state index >= 15 is 0 Å². The molecule has 0 bridgehead atoms. The second-order valence-electron chi connectivity index (χ2n) is 6.17. The minimum Gasteiger partial charge on any atom is -0.363 e. The van der Waals surface area contributed by atoms with Crippen LogP contribution in [0.5, 0.6) is 0 Å². The van der Waals surface area contributed by atoms with Crippen molar-refractivity contribution in [2.24, 2.45) is 0 Å². The number of nitrogens with one attached hydrogen (secondary N) is 1. The molecule has 0 fully saturated rings. The molecule has 4 rings (SSSR count). The summed E-state index contributed by atoms with van der Waals surface area (Å²) in [6.45, 7) is 2.64. The highest BCUT2D eigenvalue weighted by atomic mass is 32.2. The van der Waals surface area contributed by atoms with Crippen molar-refractivity contribution in [3.05, 3.63) is 46.9 Å². The van der Waals surface area contributed by atoms with E-state index in [1.54, 1.807) is 16.7 Å². The molecule has 28 heavy (non-hydrogen) atoms. The smallest absolute Gasteiger partial charge is 0.262 e. The predicted octanol–water partition coefficient (Wildman–Crippen LogP) is 2.56. The Kier molecular flexibility index (Phi) is 5.11. The molecule has 9 nitrogen and oxygen atoms in total. The molecule has 4 aromatic rings. The van der Waals surface area contributed by atoms with E-state index in [0.29, 0.717) is 28.7 Å². The monoisotopic (exact) mass is 398 g/mol. The van der Waals surface area contributed by atoms with Crippen molar-refractivity contribution in [1.29, 1.82) is 0 Å². The van der Waals surface area contributed by atoms with Gasteiger partial charge in [0.15, 0.2) is 11.0 Å². The van der Waals surface area contributed by atoms with Gasteiger partial charge in [-0.25, -0.2) is 0 Å². The van der Waals surface area contributed by atoms with Crippen LogP contribution in [0.15, 0.2) is 51.1 Å². The van der Waals surface area contributed by atoms with Gasteiger partial charge in [-0.2, -0.15) is 0 Å². The number of thioether (sulfide) groups is 1. The van der Waals surface area contributed by atoms with Crippen LogP contribution in [0.2, 0.25) is 0 Å². The van der Waals surface area contributed by atoms with Gasteiger partial charge >= 0.3 is 0 Å². The summed E-state index contributed by atoms with van der Waals surface area (Å²) >= 11 is 1.24. The summed E-state index contributed by atoms with van der Waals surface area (Å²) < 4.78 is 8.18. The Morgan fingerprint density at radius 2 is 2.11 bits per heavy atom. The van der Waals surface area contributed by atoms with Gasteiger partial charge in [0.1, 0.15) is 6.26 Å². The number of aromatic nitrogens is 5. The van der Waals surface area contributed by atoms with E-state index in [1.165, 1.54) is 18.0 Å². The first-order valence-electron chi connectivity index (χ1n) is 8.88. The number of fused-ring (bicyclic) bond motifs is 3. The van der Waals surface area contributed by atoms with Gasteiger partial charge in [0.2, 0.25) is 11.7 Å². The Hall–Kier alpha value is -3.14. The van der Waals surface area contributed by atoms with Gasteiger partial charge < -0.3 is 9.84 Å². The molecule has 1 aromatic carbocycles. The molecular formula is C18H18N6O3S. The number of para-hydroxylation sites is 1. The third-order valence-electron chi connectivity index (χ3n) is 4.25. The number of unbranched alkanes of at least 4 members (excludes halogenated alkanes) is 1. The fourth-order valence-corrected chi connectivity index (χ4v) is 3.67. The van der Waals surface area contributed by atoms with Crippen molar-refractivity contribution in [3.8, 4) is 0 Å². The Morgan fingerprint density at radius 1 is 1.25 bits per heavy atom. The van der Waals surface area contributed by atoms with E-state index in [4.69, 9.17) is 4.52 Å². The van der Waals surface area contributed by atoms with Gasteiger partial charge in [-0.05, 0) is 18.6 Å². The van der Waals surface area contributed by atoms with Gasteiger partial charge in [-0.15, -0.1) is 10.2 Å². The van der Waals surface area contributed by atoms with E-state index in [-0.39, 0.29) is 17.2 Å². The maximum absolute atomic E-state index is 12.9. The minimum absolute atomic E-state index is 0.0794. The van der Waals surface area contributed by atoms with Crippen molar-refractivity contribution in [2.45, 2.75) is 31.5 Å². The number of carbonyl (C=O) groups is 1. The van der Waals surface area contributed by atoms with E-state index in [2.05, 4.69) is 27.6 Å². The van der Waals surface area contributed by atoms with E-state index in [0.717, 1.165) is 18.4 Å². The number of benzene rings is 1. The molecule has 0 unspecified atom stereocenters. The zero-order valence-corrected chi connectivity index (χ0v) is 16.0. The lowest BCUT2D eigenvalue weighted by Gasteiger charge is -2.10. The minimum atomic E-state index is -0.237. The highest BCUT2D eigenvalue weighted by Gasteiger charge is 2.17. The van der Waals surface area contributed by atoms with E-state index in [1.807, 2.05) is 22.6 Å². The average molecular weight is 398 g/mol. The topological polar surface area (TPSA) is 107 Å². The van der Waals surface area contributed by atoms with Crippen molar-refractivity contribution in [3.63, 3.8) is 0 Å². The largest absolute Gasteiger partial charge is 0.363 e. The second kappa shape index (κ2) is 7.85. The van der Waals surface area contributed by atoms with Gasteiger partial charge in [0, 0.05) is 12.6 Å². The highest BCUT2D eigenvalue weighted by molar-refractivity contribution is 7.99. The average Bonchev–Trinajstić information content (AvgIpc) is 3.36. The lowest BCUT2D eigenvalue weighted by Crippen LogP contribution is -2.23. The fraction of sp³-hybridized carbons (Fsp3) is 0.278. The van der Waals surface area contributed by atoms with Gasteiger partial charge in [0.05, 0.1) is 16.7 Å². The number of hydrogen-bond acceptors (Lipinski definition) is 7. The first-order chi connectivity index (χ1) is 13.7. The second-order valence-corrected chi connectivity index (χ2v) is 7.11. The molecule has 10 heteroatoms. The lowest BCUT2D eigenvalue weighted by atomic mass is 10.2. The molecule has 1 amide bonds. The Morgan fingerprint density at radius 3 is 2.89 bits per heavy atom. The molecule has 0 saturated heterocycles. The molecule has 144 valence electrons. The first-order valence-corrected chi connectivity index (χ1v) is 9.87. The Bertz CT molecular complexity index is 1180. The van der Waals surface area contributed by atoms with Crippen LogP contribution in [0.3, 0.4) is 0 Å². The molecule has 0 aliphatic rings. The summed E-state index contributed by atoms with van der Waals surface area (Å²) in [4.78, 5) is 25.0. The lowest BCUT2D eigenvalue weighted by molar-refractivity contribution is -0.113. The Balaban J connectivity index is 1.70. The number of hydrogen-bond donors (Lipinski definition) is 1. The molecule has 3 heterocycles. The van der Waals surface area contributed by atoms with Crippen LogP contribution in [0.25, 0.3) is 16.7 Å². The summed E-state index contributed by atoms with van der Waals surface area (Å²) in [6.07, 6.45) is 3.21. The Labute approximate surface area is 163 Å². The maximum atomic E-state index is 12.9. The molecule has 0 aliphatic carbocycles. The zero-order valence-electron chi connectivity index (χ0n) is 15.2. The van der Waals surface area contributed by atoms with Gasteiger partial charge in [-0.3, -0.25) is 18.6 Å². The fourth-order valence-electron chi connectivity index (χ4n) is 2.93. The highest BCUT2D eigenvalue weighted by Crippen LogP contribution is 2.22. The maximum Gasteiger partial charge on any atom is 0.262 e. The summed E-state index contributed by atoms with van der Waals surface area (Å²) in [6, 6.07) is 8.92. The first kappa shape index (κ1) is 18.2.